The third-order valence-corrected chi connectivity index (χ3v) is 3.03. The smallest absolute Gasteiger partial charge is 0.123 e. The first-order chi connectivity index (χ1) is 8.54. The van der Waals surface area contributed by atoms with Crippen LogP contribution in [0.3, 0.4) is 0 Å². The molecule has 0 aliphatic heterocycles. The molecule has 0 aromatic heterocycles. The molecule has 0 radical (unpaired) electrons. The van der Waals surface area contributed by atoms with Crippen molar-refractivity contribution in [3.8, 4) is 0 Å². The Kier molecular flexibility index (Phi) is 6.30. The maximum atomic E-state index is 13.2. The van der Waals surface area contributed by atoms with Gasteiger partial charge in [0.05, 0.1) is 6.10 Å². The molecule has 3 heteroatoms. The van der Waals surface area contributed by atoms with Crippen LogP contribution < -0.4 is 5.73 Å². The molecule has 0 heterocycles. The van der Waals surface area contributed by atoms with E-state index in [4.69, 9.17) is 10.5 Å². The lowest BCUT2D eigenvalue weighted by Gasteiger charge is -2.24. The van der Waals surface area contributed by atoms with Crippen molar-refractivity contribution >= 4 is 0 Å². The SMILES string of the molecule is CCC(N)C(OCCC(C)C)c1cccc(F)c1. The zero-order valence-electron chi connectivity index (χ0n) is 11.5. The standard InChI is InChI=1S/C15H24FNO/c1-4-14(17)15(18-9-8-11(2)3)12-6-5-7-13(16)10-12/h5-7,10-11,14-15H,4,8-9,17H2,1-3H3. The molecule has 0 spiro atoms. The summed E-state index contributed by atoms with van der Waals surface area (Å²) in [4.78, 5) is 0. The Hall–Kier alpha value is -0.930. The van der Waals surface area contributed by atoms with E-state index in [-0.39, 0.29) is 18.0 Å². The fourth-order valence-corrected chi connectivity index (χ4v) is 1.80. The zero-order chi connectivity index (χ0) is 13.5. The summed E-state index contributed by atoms with van der Waals surface area (Å²) in [6, 6.07) is 6.42. The predicted octanol–water partition coefficient (Wildman–Crippen LogP) is 3.67. The maximum absolute atomic E-state index is 13.2. The van der Waals surface area contributed by atoms with E-state index >= 15 is 0 Å². The van der Waals surface area contributed by atoms with Crippen LogP contribution in [0.4, 0.5) is 4.39 Å². The van der Waals surface area contributed by atoms with E-state index in [2.05, 4.69) is 13.8 Å². The van der Waals surface area contributed by atoms with Gasteiger partial charge in [-0.25, -0.2) is 4.39 Å². The Balaban J connectivity index is 2.72. The lowest BCUT2D eigenvalue weighted by Crippen LogP contribution is -2.30. The van der Waals surface area contributed by atoms with Gasteiger partial charge in [-0.05, 0) is 36.5 Å². The van der Waals surface area contributed by atoms with Crippen LogP contribution in [0.5, 0.6) is 0 Å². The van der Waals surface area contributed by atoms with Crippen LogP contribution in [0, 0.1) is 11.7 Å². The Morgan fingerprint density at radius 1 is 1.33 bits per heavy atom. The van der Waals surface area contributed by atoms with Crippen molar-refractivity contribution < 1.29 is 9.13 Å². The topological polar surface area (TPSA) is 35.2 Å². The number of rotatable bonds is 7. The molecule has 0 saturated heterocycles. The number of ether oxygens (including phenoxy) is 1. The normalized spacial score (nSPS) is 14.8. The van der Waals surface area contributed by atoms with Crippen LogP contribution in [0.2, 0.25) is 0 Å². The molecular formula is C15H24FNO. The van der Waals surface area contributed by atoms with Crippen LogP contribution in [0.25, 0.3) is 0 Å². The Labute approximate surface area is 109 Å². The molecule has 0 aliphatic rings. The van der Waals surface area contributed by atoms with Gasteiger partial charge < -0.3 is 10.5 Å². The zero-order valence-corrected chi connectivity index (χ0v) is 11.5. The van der Waals surface area contributed by atoms with Crippen molar-refractivity contribution in [2.75, 3.05) is 6.61 Å². The molecule has 0 amide bonds. The van der Waals surface area contributed by atoms with Crippen LogP contribution in [-0.2, 0) is 4.74 Å². The number of hydrogen-bond acceptors (Lipinski definition) is 2. The highest BCUT2D eigenvalue weighted by atomic mass is 19.1. The molecule has 0 saturated carbocycles. The summed E-state index contributed by atoms with van der Waals surface area (Å²) in [6.45, 7) is 6.98. The average Bonchev–Trinajstić information content (AvgIpc) is 2.33. The molecule has 2 nitrogen and oxygen atoms in total. The van der Waals surface area contributed by atoms with Crippen molar-refractivity contribution in [2.24, 2.45) is 11.7 Å². The molecule has 2 unspecified atom stereocenters. The molecule has 2 N–H and O–H groups in total. The molecule has 0 aliphatic carbocycles. The maximum Gasteiger partial charge on any atom is 0.123 e. The molecule has 18 heavy (non-hydrogen) atoms. The first kappa shape index (κ1) is 15.1. The van der Waals surface area contributed by atoms with Gasteiger partial charge in [0.2, 0.25) is 0 Å². The van der Waals surface area contributed by atoms with Crippen LogP contribution in [0.15, 0.2) is 24.3 Å². The Bertz CT molecular complexity index is 354. The second-order valence-corrected chi connectivity index (χ2v) is 5.10. The summed E-state index contributed by atoms with van der Waals surface area (Å²) in [5.41, 5.74) is 6.90. The minimum Gasteiger partial charge on any atom is -0.372 e. The summed E-state index contributed by atoms with van der Waals surface area (Å²) in [6.07, 6.45) is 1.58. The fraction of sp³-hybridized carbons (Fsp3) is 0.600. The van der Waals surface area contributed by atoms with Crippen LogP contribution in [0.1, 0.15) is 45.3 Å². The van der Waals surface area contributed by atoms with E-state index in [9.17, 15) is 4.39 Å². The molecule has 0 fully saturated rings. The Morgan fingerprint density at radius 3 is 2.61 bits per heavy atom. The van der Waals surface area contributed by atoms with E-state index in [1.807, 2.05) is 13.0 Å². The van der Waals surface area contributed by atoms with Gasteiger partial charge in [-0.1, -0.05) is 32.9 Å². The quantitative estimate of drug-likeness (QED) is 0.804. The molecule has 1 aromatic carbocycles. The lowest BCUT2D eigenvalue weighted by molar-refractivity contribution is 0.0273. The van der Waals surface area contributed by atoms with Gasteiger partial charge in [0.25, 0.3) is 0 Å². The molecule has 1 rings (SSSR count). The highest BCUT2D eigenvalue weighted by Gasteiger charge is 2.19. The van der Waals surface area contributed by atoms with Gasteiger partial charge in [0.1, 0.15) is 5.82 Å². The summed E-state index contributed by atoms with van der Waals surface area (Å²) < 4.78 is 19.1. The van der Waals surface area contributed by atoms with Crippen molar-refractivity contribution in [2.45, 2.75) is 45.8 Å². The first-order valence-corrected chi connectivity index (χ1v) is 6.67. The van der Waals surface area contributed by atoms with Crippen molar-refractivity contribution in [1.29, 1.82) is 0 Å². The van der Waals surface area contributed by atoms with Gasteiger partial charge in [-0.2, -0.15) is 0 Å². The number of nitrogens with two attached hydrogens (primary N) is 1. The van der Waals surface area contributed by atoms with E-state index < -0.39 is 0 Å². The van der Waals surface area contributed by atoms with Crippen LogP contribution >= 0.6 is 0 Å². The highest BCUT2D eigenvalue weighted by Crippen LogP contribution is 2.23. The first-order valence-electron chi connectivity index (χ1n) is 6.67. The van der Waals surface area contributed by atoms with E-state index in [1.165, 1.54) is 12.1 Å². The van der Waals surface area contributed by atoms with Gasteiger partial charge >= 0.3 is 0 Å². The predicted molar refractivity (Wildman–Crippen MR) is 72.8 cm³/mol. The third kappa shape index (κ3) is 4.75. The van der Waals surface area contributed by atoms with Gasteiger partial charge in [0, 0.05) is 12.6 Å². The lowest BCUT2D eigenvalue weighted by atomic mass is 10.0. The number of halogens is 1. The minimum absolute atomic E-state index is 0.0982. The fourth-order valence-electron chi connectivity index (χ4n) is 1.80. The van der Waals surface area contributed by atoms with Crippen molar-refractivity contribution in [3.63, 3.8) is 0 Å². The second kappa shape index (κ2) is 7.49. The average molecular weight is 253 g/mol. The van der Waals surface area contributed by atoms with Crippen molar-refractivity contribution in [3.05, 3.63) is 35.6 Å². The minimum atomic E-state index is -0.242. The number of hydrogen-bond donors (Lipinski definition) is 1. The summed E-state index contributed by atoms with van der Waals surface area (Å²) >= 11 is 0. The molecule has 1 aromatic rings. The second-order valence-electron chi connectivity index (χ2n) is 5.10. The Morgan fingerprint density at radius 2 is 2.06 bits per heavy atom. The van der Waals surface area contributed by atoms with Gasteiger partial charge in [0.15, 0.2) is 0 Å². The third-order valence-electron chi connectivity index (χ3n) is 3.03. The van der Waals surface area contributed by atoms with Crippen molar-refractivity contribution in [1.82, 2.24) is 0 Å². The highest BCUT2D eigenvalue weighted by molar-refractivity contribution is 5.20. The number of benzene rings is 1. The monoisotopic (exact) mass is 253 g/mol. The van der Waals surface area contributed by atoms with Gasteiger partial charge in [-0.15, -0.1) is 0 Å². The van der Waals surface area contributed by atoms with E-state index in [1.54, 1.807) is 6.07 Å². The van der Waals surface area contributed by atoms with Crippen LogP contribution in [-0.4, -0.2) is 12.6 Å². The van der Waals surface area contributed by atoms with Gasteiger partial charge in [-0.3, -0.25) is 0 Å². The van der Waals surface area contributed by atoms with E-state index in [0.29, 0.717) is 12.5 Å². The largest absolute Gasteiger partial charge is 0.372 e. The molecule has 0 bridgehead atoms. The van der Waals surface area contributed by atoms with E-state index in [0.717, 1.165) is 18.4 Å². The molecular weight excluding hydrogens is 229 g/mol. The summed E-state index contributed by atoms with van der Waals surface area (Å²) in [7, 11) is 0. The summed E-state index contributed by atoms with van der Waals surface area (Å²) in [5, 5.41) is 0. The molecule has 102 valence electrons. The molecule has 2 atom stereocenters. The summed E-state index contributed by atoms with van der Waals surface area (Å²) in [5.74, 6) is 0.351.